The molecule has 0 fully saturated rings. The molecule has 26 heavy (non-hydrogen) atoms. The molecule has 0 radical (unpaired) electrons. The first-order valence-corrected chi connectivity index (χ1v) is 8.87. The van der Waals surface area contributed by atoms with Crippen LogP contribution in [0.2, 0.25) is 0 Å². The zero-order valence-electron chi connectivity index (χ0n) is 14.8. The van der Waals surface area contributed by atoms with E-state index in [2.05, 4.69) is 21.2 Å². The maximum Gasteiger partial charge on any atom is 0.259 e. The largest absolute Gasteiger partial charge is 0.491 e. The Kier molecular flexibility index (Phi) is 8.40. The Hall–Kier alpha value is -2.09. The summed E-state index contributed by atoms with van der Waals surface area (Å²) in [6.45, 7) is 1.74. The summed E-state index contributed by atoms with van der Waals surface area (Å²) in [5.41, 5.74) is 1.06. The Morgan fingerprint density at radius 3 is 2.42 bits per heavy atom. The lowest BCUT2D eigenvalue weighted by molar-refractivity contribution is 0.101. The molecule has 2 rings (SSSR count). The number of nitrogens with one attached hydrogen (secondary N) is 1. The fourth-order valence-corrected chi connectivity index (χ4v) is 2.51. The standard InChI is InChI=1S/C19H22BrNO5/c1-23-8-10-25-16-5-3-4-15(13-16)21-19(22)17-12-14(20)6-7-18(17)26-11-9-24-2/h3-7,12-13H,8-11H2,1-2H3,(H,21,22). The van der Waals surface area contributed by atoms with Crippen LogP contribution in [0, 0.1) is 0 Å². The number of carbonyl (C=O) groups is 1. The van der Waals surface area contributed by atoms with Crippen molar-refractivity contribution in [3.63, 3.8) is 0 Å². The number of anilines is 1. The van der Waals surface area contributed by atoms with Gasteiger partial charge in [0.15, 0.2) is 0 Å². The quantitative estimate of drug-likeness (QED) is 0.589. The number of hydrogen-bond acceptors (Lipinski definition) is 5. The Morgan fingerprint density at radius 1 is 0.962 bits per heavy atom. The summed E-state index contributed by atoms with van der Waals surface area (Å²) < 4.78 is 21.9. The smallest absolute Gasteiger partial charge is 0.259 e. The number of amides is 1. The zero-order valence-corrected chi connectivity index (χ0v) is 16.4. The van der Waals surface area contributed by atoms with Gasteiger partial charge < -0.3 is 24.3 Å². The third-order valence-electron chi connectivity index (χ3n) is 3.38. The number of halogens is 1. The first-order valence-electron chi connectivity index (χ1n) is 8.08. The van der Waals surface area contributed by atoms with Crippen LogP contribution in [0.15, 0.2) is 46.9 Å². The Balaban J connectivity index is 2.09. The highest BCUT2D eigenvalue weighted by Gasteiger charge is 2.14. The van der Waals surface area contributed by atoms with Crippen LogP contribution in [0.25, 0.3) is 0 Å². The van der Waals surface area contributed by atoms with Crippen LogP contribution >= 0.6 is 15.9 Å². The lowest BCUT2D eigenvalue weighted by atomic mass is 10.2. The molecule has 2 aromatic carbocycles. The number of ether oxygens (including phenoxy) is 4. The third kappa shape index (κ3) is 6.33. The van der Waals surface area contributed by atoms with Gasteiger partial charge >= 0.3 is 0 Å². The molecule has 0 spiro atoms. The van der Waals surface area contributed by atoms with Crippen molar-refractivity contribution in [2.75, 3.05) is 46.0 Å². The van der Waals surface area contributed by atoms with Gasteiger partial charge in [-0.05, 0) is 30.3 Å². The normalized spacial score (nSPS) is 10.4. The summed E-state index contributed by atoms with van der Waals surface area (Å²) >= 11 is 3.39. The second-order valence-corrected chi connectivity index (χ2v) is 6.22. The van der Waals surface area contributed by atoms with E-state index < -0.39 is 0 Å². The van der Waals surface area contributed by atoms with Crippen molar-refractivity contribution in [2.24, 2.45) is 0 Å². The van der Waals surface area contributed by atoms with E-state index >= 15 is 0 Å². The molecule has 0 saturated carbocycles. The highest BCUT2D eigenvalue weighted by atomic mass is 79.9. The van der Waals surface area contributed by atoms with E-state index in [4.69, 9.17) is 18.9 Å². The van der Waals surface area contributed by atoms with Gasteiger partial charge in [-0.15, -0.1) is 0 Å². The van der Waals surface area contributed by atoms with Crippen molar-refractivity contribution in [3.05, 3.63) is 52.5 Å². The maximum absolute atomic E-state index is 12.7. The Labute approximate surface area is 161 Å². The van der Waals surface area contributed by atoms with E-state index in [0.717, 1.165) is 4.47 Å². The van der Waals surface area contributed by atoms with E-state index in [-0.39, 0.29) is 5.91 Å². The van der Waals surface area contributed by atoms with Crippen LogP contribution < -0.4 is 14.8 Å². The maximum atomic E-state index is 12.7. The van der Waals surface area contributed by atoms with E-state index in [9.17, 15) is 4.79 Å². The minimum atomic E-state index is -0.271. The van der Waals surface area contributed by atoms with Crippen LogP contribution in [0.5, 0.6) is 11.5 Å². The lowest BCUT2D eigenvalue weighted by Crippen LogP contribution is -2.15. The van der Waals surface area contributed by atoms with E-state index in [1.807, 2.05) is 18.2 Å². The minimum absolute atomic E-state index is 0.271. The van der Waals surface area contributed by atoms with Gasteiger partial charge in [-0.25, -0.2) is 0 Å². The number of methoxy groups -OCH3 is 2. The molecular formula is C19H22BrNO5. The molecule has 0 bridgehead atoms. The lowest BCUT2D eigenvalue weighted by Gasteiger charge is -2.13. The minimum Gasteiger partial charge on any atom is -0.491 e. The van der Waals surface area contributed by atoms with Gasteiger partial charge in [-0.2, -0.15) is 0 Å². The van der Waals surface area contributed by atoms with Gasteiger partial charge in [0.25, 0.3) is 5.91 Å². The molecule has 140 valence electrons. The summed E-state index contributed by atoms with van der Waals surface area (Å²) in [7, 11) is 3.21. The molecule has 0 aromatic heterocycles. The van der Waals surface area contributed by atoms with Gasteiger partial charge in [0.1, 0.15) is 24.7 Å². The van der Waals surface area contributed by atoms with Crippen molar-refractivity contribution < 1.29 is 23.7 Å². The van der Waals surface area contributed by atoms with Crippen LogP contribution in [0.1, 0.15) is 10.4 Å². The van der Waals surface area contributed by atoms with Gasteiger partial charge in [-0.3, -0.25) is 4.79 Å². The Bertz CT molecular complexity index is 723. The van der Waals surface area contributed by atoms with Gasteiger partial charge in [0, 0.05) is 30.4 Å². The van der Waals surface area contributed by atoms with Crippen molar-refractivity contribution in [1.29, 1.82) is 0 Å². The molecule has 6 nitrogen and oxygen atoms in total. The fourth-order valence-electron chi connectivity index (χ4n) is 2.15. The number of rotatable bonds is 10. The average molecular weight is 424 g/mol. The molecule has 0 unspecified atom stereocenters. The van der Waals surface area contributed by atoms with E-state index in [1.165, 1.54) is 0 Å². The molecule has 2 aromatic rings. The molecule has 1 N–H and O–H groups in total. The van der Waals surface area contributed by atoms with E-state index in [1.54, 1.807) is 38.5 Å². The second kappa shape index (κ2) is 10.8. The predicted molar refractivity (Wildman–Crippen MR) is 103 cm³/mol. The predicted octanol–water partition coefficient (Wildman–Crippen LogP) is 3.75. The van der Waals surface area contributed by atoms with Crippen LogP contribution in [0.3, 0.4) is 0 Å². The van der Waals surface area contributed by atoms with E-state index in [0.29, 0.717) is 49.2 Å². The monoisotopic (exact) mass is 423 g/mol. The van der Waals surface area contributed by atoms with Crippen LogP contribution in [-0.4, -0.2) is 46.6 Å². The summed E-state index contributed by atoms with van der Waals surface area (Å²) in [5, 5.41) is 2.86. The topological polar surface area (TPSA) is 66.0 Å². The highest BCUT2D eigenvalue weighted by Crippen LogP contribution is 2.25. The summed E-state index contributed by atoms with van der Waals surface area (Å²) in [6, 6.07) is 12.5. The molecule has 0 heterocycles. The first-order chi connectivity index (χ1) is 12.6. The van der Waals surface area contributed by atoms with Gasteiger partial charge in [-0.1, -0.05) is 22.0 Å². The first kappa shape index (κ1) is 20.2. The van der Waals surface area contributed by atoms with Crippen molar-refractivity contribution >= 4 is 27.5 Å². The molecule has 0 aliphatic carbocycles. The number of carbonyl (C=O) groups excluding carboxylic acids is 1. The molecule has 0 aliphatic rings. The van der Waals surface area contributed by atoms with Gasteiger partial charge in [0.05, 0.1) is 18.8 Å². The highest BCUT2D eigenvalue weighted by molar-refractivity contribution is 9.10. The summed E-state index contributed by atoms with van der Waals surface area (Å²) in [5.74, 6) is 0.883. The van der Waals surface area contributed by atoms with Crippen molar-refractivity contribution in [2.45, 2.75) is 0 Å². The SMILES string of the molecule is COCCOc1cccc(NC(=O)c2cc(Br)ccc2OCCOC)c1. The second-order valence-electron chi connectivity index (χ2n) is 5.30. The van der Waals surface area contributed by atoms with Crippen molar-refractivity contribution in [1.82, 2.24) is 0 Å². The third-order valence-corrected chi connectivity index (χ3v) is 3.87. The number of hydrogen-bond donors (Lipinski definition) is 1. The molecule has 0 aliphatic heterocycles. The molecule has 0 saturated heterocycles. The Morgan fingerprint density at radius 2 is 1.69 bits per heavy atom. The van der Waals surface area contributed by atoms with Crippen molar-refractivity contribution in [3.8, 4) is 11.5 Å². The molecule has 7 heteroatoms. The molecule has 0 atom stereocenters. The molecular weight excluding hydrogens is 402 g/mol. The summed E-state index contributed by atoms with van der Waals surface area (Å²) in [6.07, 6.45) is 0. The molecule has 1 amide bonds. The average Bonchev–Trinajstić information content (AvgIpc) is 2.63. The van der Waals surface area contributed by atoms with Gasteiger partial charge in [0.2, 0.25) is 0 Å². The fraction of sp³-hybridized carbons (Fsp3) is 0.316. The summed E-state index contributed by atoms with van der Waals surface area (Å²) in [4.78, 5) is 12.7. The van der Waals surface area contributed by atoms with Crippen LogP contribution in [-0.2, 0) is 9.47 Å². The zero-order chi connectivity index (χ0) is 18.8. The van der Waals surface area contributed by atoms with Crippen LogP contribution in [0.4, 0.5) is 5.69 Å². The number of benzene rings is 2.